The van der Waals surface area contributed by atoms with Crippen LogP contribution in [-0.2, 0) is 5.88 Å². The molecule has 2 rings (SSSR count). The van der Waals surface area contributed by atoms with Crippen LogP contribution in [0.5, 0.6) is 0 Å². The first-order valence-electron chi connectivity index (χ1n) is 4.50. The monoisotopic (exact) mass is 220 g/mol. The fraction of sp³-hybridized carbons (Fsp3) is 0.0909. The fourth-order valence-electron chi connectivity index (χ4n) is 1.12. The second-order valence-corrected chi connectivity index (χ2v) is 3.18. The highest BCUT2D eigenvalue weighted by Crippen LogP contribution is 2.08. The van der Waals surface area contributed by atoms with Crippen molar-refractivity contribution in [2.75, 3.05) is 0 Å². The highest BCUT2D eigenvalue weighted by Gasteiger charge is 1.99. The van der Waals surface area contributed by atoms with Crippen LogP contribution in [0.25, 0.3) is 12.2 Å². The minimum absolute atomic E-state index is 0.242. The lowest BCUT2D eigenvalue weighted by molar-refractivity contribution is 0.505. The summed E-state index contributed by atoms with van der Waals surface area (Å²) in [5, 5.41) is 7.56. The van der Waals surface area contributed by atoms with Gasteiger partial charge in [0, 0.05) is 6.08 Å². The summed E-state index contributed by atoms with van der Waals surface area (Å²) >= 11 is 5.54. The van der Waals surface area contributed by atoms with Crippen molar-refractivity contribution in [3.05, 3.63) is 47.7 Å². The van der Waals surface area contributed by atoms with E-state index >= 15 is 0 Å². The molecule has 0 saturated heterocycles. The van der Waals surface area contributed by atoms with E-state index in [0.717, 1.165) is 5.56 Å². The van der Waals surface area contributed by atoms with Gasteiger partial charge in [0.1, 0.15) is 5.88 Å². The number of aromatic nitrogens is 2. The van der Waals surface area contributed by atoms with E-state index in [4.69, 9.17) is 16.0 Å². The Balaban J connectivity index is 2.11. The summed E-state index contributed by atoms with van der Waals surface area (Å²) in [4.78, 5) is 0. The number of alkyl halides is 1. The van der Waals surface area contributed by atoms with Crippen LogP contribution in [0.1, 0.15) is 17.3 Å². The zero-order chi connectivity index (χ0) is 10.5. The molecule has 1 aromatic heterocycles. The van der Waals surface area contributed by atoms with Crippen LogP contribution >= 0.6 is 11.6 Å². The third-order valence-electron chi connectivity index (χ3n) is 1.81. The van der Waals surface area contributed by atoms with Crippen LogP contribution in [0.3, 0.4) is 0 Å². The molecule has 0 aliphatic heterocycles. The number of benzene rings is 1. The van der Waals surface area contributed by atoms with E-state index in [2.05, 4.69) is 10.2 Å². The summed E-state index contributed by atoms with van der Waals surface area (Å²) in [6, 6.07) is 9.90. The molecule has 0 spiro atoms. The predicted molar refractivity (Wildman–Crippen MR) is 59.2 cm³/mol. The van der Waals surface area contributed by atoms with E-state index < -0.39 is 0 Å². The molecule has 0 radical (unpaired) electrons. The van der Waals surface area contributed by atoms with Gasteiger partial charge in [0.05, 0.1) is 0 Å². The van der Waals surface area contributed by atoms with Crippen molar-refractivity contribution < 1.29 is 4.42 Å². The lowest BCUT2D eigenvalue weighted by Gasteiger charge is -1.88. The molecule has 1 aromatic carbocycles. The van der Waals surface area contributed by atoms with Gasteiger partial charge in [-0.15, -0.1) is 21.8 Å². The van der Waals surface area contributed by atoms with Crippen LogP contribution < -0.4 is 0 Å². The highest BCUT2D eigenvalue weighted by molar-refractivity contribution is 6.16. The summed E-state index contributed by atoms with van der Waals surface area (Å²) in [7, 11) is 0. The topological polar surface area (TPSA) is 38.9 Å². The molecule has 4 heteroatoms. The van der Waals surface area contributed by atoms with Gasteiger partial charge in [-0.1, -0.05) is 30.3 Å². The van der Waals surface area contributed by atoms with Crippen molar-refractivity contribution in [3.63, 3.8) is 0 Å². The minimum Gasteiger partial charge on any atom is -0.420 e. The minimum atomic E-state index is 0.242. The number of halogens is 1. The Hall–Kier alpha value is -1.61. The van der Waals surface area contributed by atoms with E-state index in [9.17, 15) is 0 Å². The second kappa shape index (κ2) is 4.75. The molecule has 76 valence electrons. The Bertz CT molecular complexity index is 451. The van der Waals surface area contributed by atoms with Crippen molar-refractivity contribution in [2.45, 2.75) is 5.88 Å². The Kier molecular flexibility index (Phi) is 3.15. The molecule has 3 nitrogen and oxygen atoms in total. The molecule has 0 bridgehead atoms. The molecule has 0 unspecified atom stereocenters. The zero-order valence-corrected chi connectivity index (χ0v) is 8.69. The number of nitrogens with zero attached hydrogens (tertiary/aromatic N) is 2. The summed E-state index contributed by atoms with van der Waals surface area (Å²) < 4.78 is 5.21. The third kappa shape index (κ3) is 2.67. The standard InChI is InChI=1S/C11H9ClN2O/c12-8-11-14-13-10(15-11)7-6-9-4-2-1-3-5-9/h1-7H,8H2/b7-6+. The maximum atomic E-state index is 5.54. The third-order valence-corrected chi connectivity index (χ3v) is 2.04. The smallest absolute Gasteiger partial charge is 0.240 e. The molecule has 0 fully saturated rings. The van der Waals surface area contributed by atoms with Gasteiger partial charge in [0.2, 0.25) is 11.8 Å². The Morgan fingerprint density at radius 1 is 1.13 bits per heavy atom. The molecular weight excluding hydrogens is 212 g/mol. The van der Waals surface area contributed by atoms with Gasteiger partial charge in [-0.2, -0.15) is 0 Å². The van der Waals surface area contributed by atoms with Gasteiger partial charge < -0.3 is 4.42 Å². The van der Waals surface area contributed by atoms with Gasteiger partial charge in [-0.05, 0) is 11.6 Å². The summed E-state index contributed by atoms with van der Waals surface area (Å²) in [5.74, 6) is 1.14. The van der Waals surface area contributed by atoms with Crippen molar-refractivity contribution in [3.8, 4) is 0 Å². The van der Waals surface area contributed by atoms with Crippen molar-refractivity contribution in [2.24, 2.45) is 0 Å². The van der Waals surface area contributed by atoms with Crippen LogP contribution in [0.4, 0.5) is 0 Å². The van der Waals surface area contributed by atoms with Gasteiger partial charge >= 0.3 is 0 Å². The maximum absolute atomic E-state index is 5.54. The lowest BCUT2D eigenvalue weighted by atomic mass is 10.2. The van der Waals surface area contributed by atoms with Gasteiger partial charge in [0.25, 0.3) is 0 Å². The first-order chi connectivity index (χ1) is 7.38. The van der Waals surface area contributed by atoms with Crippen LogP contribution in [0.15, 0.2) is 34.7 Å². The SMILES string of the molecule is ClCc1nnc(/C=C/c2ccccc2)o1. The summed E-state index contributed by atoms with van der Waals surface area (Å²) in [6.45, 7) is 0. The molecule has 1 heterocycles. The van der Waals surface area contributed by atoms with E-state index in [1.165, 1.54) is 0 Å². The summed E-state index contributed by atoms with van der Waals surface area (Å²) in [6.07, 6.45) is 3.67. The van der Waals surface area contributed by atoms with Crippen LogP contribution in [0, 0.1) is 0 Å². The normalized spacial score (nSPS) is 11.0. The molecular formula is C11H9ClN2O. The predicted octanol–water partition coefficient (Wildman–Crippen LogP) is 2.98. The first kappa shape index (κ1) is 9.93. The molecule has 15 heavy (non-hydrogen) atoms. The largest absolute Gasteiger partial charge is 0.420 e. The highest BCUT2D eigenvalue weighted by atomic mass is 35.5. The molecule has 0 saturated carbocycles. The molecule has 0 amide bonds. The molecule has 0 N–H and O–H groups in total. The fourth-order valence-corrected chi connectivity index (χ4v) is 1.23. The van der Waals surface area contributed by atoms with E-state index in [0.29, 0.717) is 11.8 Å². The summed E-state index contributed by atoms with van der Waals surface area (Å²) in [5.41, 5.74) is 1.09. The first-order valence-corrected chi connectivity index (χ1v) is 5.03. The average Bonchev–Trinajstić information content (AvgIpc) is 2.76. The number of hydrogen-bond acceptors (Lipinski definition) is 3. The van der Waals surface area contributed by atoms with Crippen molar-refractivity contribution in [1.29, 1.82) is 0 Å². The Labute approximate surface area is 92.4 Å². The maximum Gasteiger partial charge on any atom is 0.240 e. The molecule has 0 aliphatic rings. The second-order valence-electron chi connectivity index (χ2n) is 2.91. The van der Waals surface area contributed by atoms with Crippen LogP contribution in [0.2, 0.25) is 0 Å². The Morgan fingerprint density at radius 2 is 1.93 bits per heavy atom. The Morgan fingerprint density at radius 3 is 2.60 bits per heavy atom. The lowest BCUT2D eigenvalue weighted by Crippen LogP contribution is -1.74. The number of rotatable bonds is 3. The van der Waals surface area contributed by atoms with E-state index in [1.807, 2.05) is 36.4 Å². The van der Waals surface area contributed by atoms with Crippen LogP contribution in [-0.4, -0.2) is 10.2 Å². The molecule has 0 atom stereocenters. The molecule has 0 aliphatic carbocycles. The van der Waals surface area contributed by atoms with Gasteiger partial charge in [-0.25, -0.2) is 0 Å². The van der Waals surface area contributed by atoms with Gasteiger partial charge in [0.15, 0.2) is 0 Å². The number of hydrogen-bond donors (Lipinski definition) is 0. The van der Waals surface area contributed by atoms with E-state index in [1.54, 1.807) is 6.08 Å². The average molecular weight is 221 g/mol. The quantitative estimate of drug-likeness (QED) is 0.747. The van der Waals surface area contributed by atoms with E-state index in [-0.39, 0.29) is 5.88 Å². The van der Waals surface area contributed by atoms with Crippen molar-refractivity contribution >= 4 is 23.8 Å². The zero-order valence-electron chi connectivity index (χ0n) is 7.93. The van der Waals surface area contributed by atoms with Gasteiger partial charge in [-0.3, -0.25) is 0 Å². The van der Waals surface area contributed by atoms with Crippen molar-refractivity contribution in [1.82, 2.24) is 10.2 Å². The molecule has 2 aromatic rings.